The van der Waals surface area contributed by atoms with Crippen molar-refractivity contribution >= 4 is 17.5 Å². The average Bonchev–Trinajstić information content (AvgIpc) is 2.65. The highest BCUT2D eigenvalue weighted by atomic mass is 16.5. The second kappa shape index (κ2) is 7.94. The van der Waals surface area contributed by atoms with E-state index in [1.54, 1.807) is 12.1 Å². The number of phenolic OH excluding ortho intramolecular Hbond substituents is 1. The van der Waals surface area contributed by atoms with Gasteiger partial charge in [-0.05, 0) is 43.9 Å². The predicted molar refractivity (Wildman–Crippen MR) is 101 cm³/mol. The zero-order valence-corrected chi connectivity index (χ0v) is 15.9. The minimum atomic E-state index is -0.661. The third-order valence-electron chi connectivity index (χ3n) is 5.10. The number of carbonyl (C=O) groups excluding carboxylic acids is 2. The van der Waals surface area contributed by atoms with Gasteiger partial charge in [0.15, 0.2) is 17.3 Å². The van der Waals surface area contributed by atoms with Crippen molar-refractivity contribution in [1.29, 1.82) is 0 Å². The number of carbonyl (C=O) groups is 2. The average molecular weight is 371 g/mol. The maximum Gasteiger partial charge on any atom is 0.315 e. The molecule has 6 nitrogen and oxygen atoms in total. The fraction of sp³-hybridized carbons (Fsp3) is 0.476. The second-order valence-corrected chi connectivity index (χ2v) is 6.94. The van der Waals surface area contributed by atoms with E-state index >= 15 is 0 Å². The van der Waals surface area contributed by atoms with E-state index in [0.29, 0.717) is 30.1 Å². The molecule has 1 aromatic carbocycles. The van der Waals surface area contributed by atoms with E-state index in [0.717, 1.165) is 30.5 Å². The summed E-state index contributed by atoms with van der Waals surface area (Å²) < 4.78 is 10.6. The Balaban J connectivity index is 2.13. The molecule has 0 fully saturated rings. The van der Waals surface area contributed by atoms with Crippen LogP contribution in [0.1, 0.15) is 51.0 Å². The van der Waals surface area contributed by atoms with Crippen LogP contribution in [0.5, 0.6) is 11.5 Å². The number of aromatic hydroxyl groups is 1. The number of allylic oxidation sites excluding steroid dienone is 2. The third kappa shape index (κ3) is 3.61. The lowest BCUT2D eigenvalue weighted by atomic mass is 9.71. The van der Waals surface area contributed by atoms with Gasteiger partial charge in [-0.2, -0.15) is 0 Å². The number of benzene rings is 1. The van der Waals surface area contributed by atoms with Crippen molar-refractivity contribution < 1.29 is 24.2 Å². The topological polar surface area (TPSA) is 85.2 Å². The van der Waals surface area contributed by atoms with E-state index in [1.807, 2.05) is 13.8 Å². The Morgan fingerprint density at radius 2 is 2.11 bits per heavy atom. The van der Waals surface area contributed by atoms with Crippen LogP contribution >= 0.6 is 0 Å². The first kappa shape index (κ1) is 19.1. The van der Waals surface area contributed by atoms with Crippen LogP contribution in [0.15, 0.2) is 34.5 Å². The number of hydrogen-bond donors (Lipinski definition) is 1. The molecule has 27 heavy (non-hydrogen) atoms. The monoisotopic (exact) mass is 371 g/mol. The molecule has 0 saturated carbocycles. The van der Waals surface area contributed by atoms with Crippen molar-refractivity contribution in [2.75, 3.05) is 13.7 Å². The lowest BCUT2D eigenvalue weighted by molar-refractivity contribution is -0.146. The molecule has 0 bridgehead atoms. The molecule has 0 radical (unpaired) electrons. The number of ether oxygens (including phenoxy) is 2. The molecular weight excluding hydrogens is 346 g/mol. The molecule has 2 atom stereocenters. The Hall–Kier alpha value is -2.63. The van der Waals surface area contributed by atoms with Gasteiger partial charge in [-0.15, -0.1) is 0 Å². The first-order chi connectivity index (χ1) is 13.0. The zero-order valence-electron chi connectivity index (χ0n) is 15.9. The molecule has 1 N–H and O–H groups in total. The highest BCUT2D eigenvalue weighted by molar-refractivity contribution is 6.08. The normalized spacial score (nSPS) is 22.2. The summed E-state index contributed by atoms with van der Waals surface area (Å²) >= 11 is 0. The number of Topliss-reactive ketones (excluding diaryl/α,β-unsaturated/α-hetero) is 1. The summed E-state index contributed by atoms with van der Waals surface area (Å²) in [7, 11) is 1.47. The van der Waals surface area contributed by atoms with Crippen molar-refractivity contribution in [3.8, 4) is 11.5 Å². The first-order valence-corrected chi connectivity index (χ1v) is 9.32. The summed E-state index contributed by atoms with van der Waals surface area (Å²) in [5.74, 6) is -1.18. The summed E-state index contributed by atoms with van der Waals surface area (Å²) in [5.41, 5.74) is 2.75. The summed E-state index contributed by atoms with van der Waals surface area (Å²) in [4.78, 5) is 30.2. The molecule has 0 aromatic heterocycles. The molecule has 144 valence electrons. The van der Waals surface area contributed by atoms with E-state index in [9.17, 15) is 14.7 Å². The number of rotatable bonds is 5. The van der Waals surface area contributed by atoms with E-state index < -0.39 is 11.8 Å². The highest BCUT2D eigenvalue weighted by Gasteiger charge is 2.43. The Kier molecular flexibility index (Phi) is 5.63. The van der Waals surface area contributed by atoms with Crippen molar-refractivity contribution in [2.24, 2.45) is 10.9 Å². The van der Waals surface area contributed by atoms with Gasteiger partial charge in [-0.1, -0.05) is 13.0 Å². The van der Waals surface area contributed by atoms with Crippen molar-refractivity contribution in [3.63, 3.8) is 0 Å². The molecule has 1 unspecified atom stereocenters. The van der Waals surface area contributed by atoms with Gasteiger partial charge in [0, 0.05) is 29.3 Å². The molecule has 2 aliphatic rings. The second-order valence-electron chi connectivity index (χ2n) is 6.94. The molecule has 1 aliphatic carbocycles. The van der Waals surface area contributed by atoms with Gasteiger partial charge in [0.05, 0.1) is 13.7 Å². The molecule has 0 amide bonds. The number of ketones is 1. The molecule has 1 heterocycles. The van der Waals surface area contributed by atoms with E-state index in [-0.39, 0.29) is 17.5 Å². The molecule has 1 aromatic rings. The van der Waals surface area contributed by atoms with Crippen LogP contribution in [0.2, 0.25) is 0 Å². The van der Waals surface area contributed by atoms with Gasteiger partial charge in [0.1, 0.15) is 5.92 Å². The minimum absolute atomic E-state index is 0.0109. The number of phenols is 1. The third-order valence-corrected chi connectivity index (χ3v) is 5.10. The first-order valence-electron chi connectivity index (χ1n) is 9.32. The quantitative estimate of drug-likeness (QED) is 0.800. The van der Waals surface area contributed by atoms with Crippen LogP contribution in [0.4, 0.5) is 0 Å². The molecule has 1 aliphatic heterocycles. The summed E-state index contributed by atoms with van der Waals surface area (Å²) in [6, 6.07) is 4.94. The van der Waals surface area contributed by atoms with Gasteiger partial charge >= 0.3 is 5.97 Å². The van der Waals surface area contributed by atoms with E-state index in [1.165, 1.54) is 13.2 Å². The Bertz CT molecular complexity index is 824. The molecule has 0 spiro atoms. The number of aliphatic imine (C=N–C) groups is 1. The van der Waals surface area contributed by atoms with Crippen LogP contribution in [0.3, 0.4) is 0 Å². The van der Waals surface area contributed by atoms with Crippen LogP contribution < -0.4 is 4.74 Å². The van der Waals surface area contributed by atoms with Gasteiger partial charge in [-0.3, -0.25) is 14.6 Å². The molecule has 6 heteroatoms. The van der Waals surface area contributed by atoms with Gasteiger partial charge in [-0.25, -0.2) is 0 Å². The van der Waals surface area contributed by atoms with Crippen LogP contribution in [0, 0.1) is 5.92 Å². The van der Waals surface area contributed by atoms with Crippen LogP contribution in [0.25, 0.3) is 0 Å². The lowest BCUT2D eigenvalue weighted by Crippen LogP contribution is -2.37. The number of methoxy groups -OCH3 is 1. The van der Waals surface area contributed by atoms with E-state index in [4.69, 9.17) is 9.47 Å². The summed E-state index contributed by atoms with van der Waals surface area (Å²) in [6.45, 7) is 4.07. The number of nitrogens with zero attached hydrogens (tertiary/aromatic N) is 1. The summed E-state index contributed by atoms with van der Waals surface area (Å²) in [5, 5.41) is 9.94. The fourth-order valence-electron chi connectivity index (χ4n) is 3.85. The van der Waals surface area contributed by atoms with Gasteiger partial charge in [0.2, 0.25) is 0 Å². The highest BCUT2D eigenvalue weighted by Crippen LogP contribution is 2.45. The SMILES string of the molecule is CCCOC(=O)C1C(C)=NC2=C(C(=O)CCC2)[C@@H]1c1ccc(O)c(OC)c1. The summed E-state index contributed by atoms with van der Waals surface area (Å²) in [6.07, 6.45) is 2.67. The standard InChI is InChI=1S/C21H25NO5/c1-4-10-27-21(25)18-12(2)22-14-6-5-7-16(24)20(14)19(18)13-8-9-15(23)17(11-13)26-3/h8-9,11,18-19,23H,4-7,10H2,1-3H3/t18?,19-/m1/s1. The maximum atomic E-state index is 12.8. The zero-order chi connectivity index (χ0) is 19.6. The maximum absolute atomic E-state index is 12.8. The van der Waals surface area contributed by atoms with Crippen LogP contribution in [-0.2, 0) is 14.3 Å². The van der Waals surface area contributed by atoms with Gasteiger partial charge < -0.3 is 14.6 Å². The number of hydrogen-bond acceptors (Lipinski definition) is 6. The molecule has 3 rings (SSSR count). The van der Waals surface area contributed by atoms with Gasteiger partial charge in [0.25, 0.3) is 0 Å². The smallest absolute Gasteiger partial charge is 0.315 e. The minimum Gasteiger partial charge on any atom is -0.504 e. The fourth-order valence-corrected chi connectivity index (χ4v) is 3.85. The van der Waals surface area contributed by atoms with Crippen molar-refractivity contribution in [3.05, 3.63) is 35.0 Å². The Morgan fingerprint density at radius 3 is 2.81 bits per heavy atom. The van der Waals surface area contributed by atoms with Crippen molar-refractivity contribution in [2.45, 2.75) is 45.4 Å². The number of esters is 1. The molecular formula is C21H25NO5. The predicted octanol–water partition coefficient (Wildman–Crippen LogP) is 3.54. The van der Waals surface area contributed by atoms with Crippen molar-refractivity contribution in [1.82, 2.24) is 0 Å². The lowest BCUT2D eigenvalue weighted by Gasteiger charge is -2.34. The largest absolute Gasteiger partial charge is 0.504 e. The molecule has 0 saturated heterocycles. The Morgan fingerprint density at radius 1 is 1.33 bits per heavy atom. The van der Waals surface area contributed by atoms with Crippen LogP contribution in [-0.4, -0.2) is 36.3 Å². The Labute approximate surface area is 158 Å². The van der Waals surface area contributed by atoms with E-state index in [2.05, 4.69) is 4.99 Å².